The van der Waals surface area contributed by atoms with Gasteiger partial charge in [0.05, 0.1) is 18.8 Å². The number of hydrogen-bond donors (Lipinski definition) is 0. The average molecular weight is 381 g/mol. The Morgan fingerprint density at radius 3 is 2.25 bits per heavy atom. The summed E-state index contributed by atoms with van der Waals surface area (Å²) in [5.41, 5.74) is 2.75. The fraction of sp³-hybridized carbons (Fsp3) is 0.400. The molecule has 0 N–H and O–H groups in total. The van der Waals surface area contributed by atoms with Crippen molar-refractivity contribution in [2.24, 2.45) is 0 Å². The molecule has 0 atom stereocenters. The van der Waals surface area contributed by atoms with E-state index in [0.717, 1.165) is 43.4 Å². The van der Waals surface area contributed by atoms with Crippen LogP contribution in [-0.2, 0) is 6.42 Å². The number of ether oxygens (including phenoxy) is 2. The average Bonchev–Trinajstić information content (AvgIpc) is 2.73. The Labute approximate surface area is 169 Å². The quantitative estimate of drug-likeness (QED) is 0.239. The lowest BCUT2D eigenvalue weighted by molar-refractivity contribution is 0.104. The van der Waals surface area contributed by atoms with E-state index in [0.29, 0.717) is 24.5 Å². The smallest absolute Gasteiger partial charge is 0.189 e. The van der Waals surface area contributed by atoms with Crippen LogP contribution in [0, 0.1) is 0 Å². The van der Waals surface area contributed by atoms with Crippen LogP contribution in [0.3, 0.4) is 0 Å². The van der Waals surface area contributed by atoms with Crippen LogP contribution < -0.4 is 9.47 Å². The van der Waals surface area contributed by atoms with Crippen molar-refractivity contribution in [1.82, 2.24) is 0 Å². The number of rotatable bonds is 12. The Bertz CT molecular complexity index is 777. The predicted molar refractivity (Wildman–Crippen MR) is 116 cm³/mol. The maximum atomic E-state index is 12.8. The molecule has 0 spiro atoms. The van der Waals surface area contributed by atoms with Crippen LogP contribution in [0.1, 0.15) is 67.9 Å². The maximum absolute atomic E-state index is 12.8. The Kier molecular flexibility index (Phi) is 9.33. The second-order valence-electron chi connectivity index (χ2n) is 6.82. The van der Waals surface area contributed by atoms with E-state index >= 15 is 0 Å². The van der Waals surface area contributed by atoms with Gasteiger partial charge in [-0.15, -0.1) is 0 Å². The van der Waals surface area contributed by atoms with E-state index < -0.39 is 0 Å². The minimum absolute atomic E-state index is 0.0616. The van der Waals surface area contributed by atoms with Crippen molar-refractivity contribution in [2.75, 3.05) is 13.2 Å². The third-order valence-corrected chi connectivity index (χ3v) is 4.56. The lowest BCUT2D eigenvalue weighted by Crippen LogP contribution is -2.03. The molecule has 0 saturated carbocycles. The van der Waals surface area contributed by atoms with Gasteiger partial charge in [0.1, 0.15) is 11.5 Å². The second-order valence-corrected chi connectivity index (χ2v) is 6.82. The van der Waals surface area contributed by atoms with E-state index in [2.05, 4.69) is 32.9 Å². The highest BCUT2D eigenvalue weighted by Crippen LogP contribution is 2.24. The van der Waals surface area contributed by atoms with Gasteiger partial charge in [-0.3, -0.25) is 4.79 Å². The SMILES string of the molecule is CCCCOc1ccc(CC)cc1C=CC(=O)c1ccccc1OCCCC. The number of allylic oxidation sites excluding steroid dienone is 1. The summed E-state index contributed by atoms with van der Waals surface area (Å²) in [4.78, 5) is 12.8. The van der Waals surface area contributed by atoms with Crippen LogP contribution in [0.15, 0.2) is 48.5 Å². The number of ketones is 1. The number of aryl methyl sites for hydroxylation is 1. The summed E-state index contributed by atoms with van der Waals surface area (Å²) in [6, 6.07) is 13.6. The van der Waals surface area contributed by atoms with Crippen molar-refractivity contribution >= 4 is 11.9 Å². The van der Waals surface area contributed by atoms with Crippen molar-refractivity contribution < 1.29 is 14.3 Å². The molecule has 2 aromatic carbocycles. The number of carbonyl (C=O) groups excluding carboxylic acids is 1. The first-order valence-corrected chi connectivity index (χ1v) is 10.4. The lowest BCUT2D eigenvalue weighted by atomic mass is 10.0. The first-order chi connectivity index (χ1) is 13.7. The minimum Gasteiger partial charge on any atom is -0.493 e. The summed E-state index contributed by atoms with van der Waals surface area (Å²) >= 11 is 0. The molecule has 28 heavy (non-hydrogen) atoms. The predicted octanol–water partition coefficient (Wildman–Crippen LogP) is 6.50. The number of carbonyl (C=O) groups is 1. The van der Waals surface area contributed by atoms with E-state index in [-0.39, 0.29) is 5.78 Å². The topological polar surface area (TPSA) is 35.5 Å². The zero-order valence-corrected chi connectivity index (χ0v) is 17.4. The molecule has 0 aliphatic heterocycles. The van der Waals surface area contributed by atoms with Crippen LogP contribution in [-0.4, -0.2) is 19.0 Å². The van der Waals surface area contributed by atoms with Gasteiger partial charge in [-0.1, -0.05) is 51.8 Å². The highest BCUT2D eigenvalue weighted by Gasteiger charge is 2.10. The van der Waals surface area contributed by atoms with E-state index in [1.165, 1.54) is 5.56 Å². The summed E-state index contributed by atoms with van der Waals surface area (Å²) < 4.78 is 11.7. The highest BCUT2D eigenvalue weighted by molar-refractivity contribution is 6.08. The van der Waals surface area contributed by atoms with Crippen LogP contribution in [0.25, 0.3) is 6.08 Å². The van der Waals surface area contributed by atoms with E-state index in [4.69, 9.17) is 9.47 Å². The van der Waals surface area contributed by atoms with Crippen LogP contribution in [0.2, 0.25) is 0 Å². The molecular weight excluding hydrogens is 348 g/mol. The van der Waals surface area contributed by atoms with Gasteiger partial charge in [0, 0.05) is 5.56 Å². The van der Waals surface area contributed by atoms with Gasteiger partial charge >= 0.3 is 0 Å². The van der Waals surface area contributed by atoms with Crippen molar-refractivity contribution in [3.63, 3.8) is 0 Å². The molecule has 0 aliphatic carbocycles. The number of unbranched alkanes of at least 4 members (excludes halogenated alkanes) is 2. The van der Waals surface area contributed by atoms with E-state index in [1.54, 1.807) is 6.08 Å². The first-order valence-electron chi connectivity index (χ1n) is 10.4. The standard InChI is InChI=1S/C25H32O3/c1-4-7-17-27-24-16-13-20(6-3)19-21(24)14-15-23(26)22-11-9-10-12-25(22)28-18-8-5-2/h9-16,19H,4-8,17-18H2,1-3H3. The monoisotopic (exact) mass is 380 g/mol. The summed E-state index contributed by atoms with van der Waals surface area (Å²) in [6.45, 7) is 7.69. The van der Waals surface area contributed by atoms with Crippen molar-refractivity contribution in [3.05, 3.63) is 65.2 Å². The number of para-hydroxylation sites is 1. The van der Waals surface area contributed by atoms with Gasteiger partial charge in [0.25, 0.3) is 0 Å². The Hall–Kier alpha value is -2.55. The number of benzene rings is 2. The van der Waals surface area contributed by atoms with Gasteiger partial charge in [-0.25, -0.2) is 0 Å². The molecule has 0 saturated heterocycles. The molecular formula is C25H32O3. The Morgan fingerprint density at radius 1 is 0.893 bits per heavy atom. The molecule has 0 amide bonds. The van der Waals surface area contributed by atoms with Gasteiger partial charge < -0.3 is 9.47 Å². The third-order valence-electron chi connectivity index (χ3n) is 4.56. The molecule has 3 heteroatoms. The van der Waals surface area contributed by atoms with Crippen LogP contribution in [0.4, 0.5) is 0 Å². The van der Waals surface area contributed by atoms with Crippen LogP contribution >= 0.6 is 0 Å². The molecule has 2 rings (SSSR count). The molecule has 0 heterocycles. The van der Waals surface area contributed by atoms with Crippen LogP contribution in [0.5, 0.6) is 11.5 Å². The summed E-state index contributed by atoms with van der Waals surface area (Å²) in [5, 5.41) is 0. The summed E-state index contributed by atoms with van der Waals surface area (Å²) in [5.74, 6) is 1.41. The molecule has 0 unspecified atom stereocenters. The zero-order chi connectivity index (χ0) is 20.2. The molecule has 0 bridgehead atoms. The van der Waals surface area contributed by atoms with Crippen molar-refractivity contribution in [2.45, 2.75) is 52.9 Å². The fourth-order valence-corrected chi connectivity index (χ4v) is 2.78. The molecule has 0 radical (unpaired) electrons. The second kappa shape index (κ2) is 12.0. The normalized spacial score (nSPS) is 11.0. The highest BCUT2D eigenvalue weighted by atomic mass is 16.5. The Morgan fingerprint density at radius 2 is 1.57 bits per heavy atom. The van der Waals surface area contributed by atoms with E-state index in [9.17, 15) is 4.79 Å². The van der Waals surface area contributed by atoms with Crippen molar-refractivity contribution in [1.29, 1.82) is 0 Å². The molecule has 0 fully saturated rings. The molecule has 2 aromatic rings. The van der Waals surface area contributed by atoms with E-state index in [1.807, 2.05) is 36.4 Å². The van der Waals surface area contributed by atoms with Gasteiger partial charge in [-0.2, -0.15) is 0 Å². The van der Waals surface area contributed by atoms with Gasteiger partial charge in [-0.05, 0) is 61.2 Å². The largest absolute Gasteiger partial charge is 0.493 e. The third kappa shape index (κ3) is 6.56. The van der Waals surface area contributed by atoms with Crippen molar-refractivity contribution in [3.8, 4) is 11.5 Å². The molecule has 3 nitrogen and oxygen atoms in total. The van der Waals surface area contributed by atoms with Gasteiger partial charge in [0.15, 0.2) is 5.78 Å². The zero-order valence-electron chi connectivity index (χ0n) is 17.4. The molecule has 150 valence electrons. The lowest BCUT2D eigenvalue weighted by Gasteiger charge is -2.11. The number of hydrogen-bond acceptors (Lipinski definition) is 3. The fourth-order valence-electron chi connectivity index (χ4n) is 2.78. The molecule has 0 aliphatic rings. The molecule has 0 aromatic heterocycles. The maximum Gasteiger partial charge on any atom is 0.189 e. The Balaban J connectivity index is 2.19. The minimum atomic E-state index is -0.0616. The first kappa shape index (κ1) is 21.7. The summed E-state index contributed by atoms with van der Waals surface area (Å²) in [7, 11) is 0. The van der Waals surface area contributed by atoms with Gasteiger partial charge in [0.2, 0.25) is 0 Å². The summed E-state index contributed by atoms with van der Waals surface area (Å²) in [6.07, 6.45) is 8.55.